The predicted octanol–water partition coefficient (Wildman–Crippen LogP) is 1.56. The van der Waals surface area contributed by atoms with Gasteiger partial charge in [-0.3, -0.25) is 9.79 Å². The fourth-order valence-electron chi connectivity index (χ4n) is 1.49. The highest BCUT2D eigenvalue weighted by molar-refractivity contribution is 5.79. The van der Waals surface area contributed by atoms with Gasteiger partial charge in [0, 0.05) is 12.8 Å². The molecule has 0 bridgehead atoms. The van der Waals surface area contributed by atoms with Crippen molar-refractivity contribution in [1.82, 2.24) is 5.32 Å². The van der Waals surface area contributed by atoms with E-state index in [2.05, 4.69) is 10.3 Å². The minimum atomic E-state index is -0.806. The minimum Gasteiger partial charge on any atom is -0.480 e. The summed E-state index contributed by atoms with van der Waals surface area (Å²) in [5.74, 6) is -0.806. The number of rotatable bonds is 7. The standard InChI is InChI=1S/C13H18N2O2/c1-14-12(13(16)17)8-5-9-15-10-11-6-3-2-4-7-11/h2-4,6-7,10,12,14H,5,8-9H2,1H3,(H,16,17)/t12-/m0/s1. The van der Waals surface area contributed by atoms with Gasteiger partial charge in [0.25, 0.3) is 0 Å². The van der Waals surface area contributed by atoms with E-state index in [0.717, 1.165) is 12.0 Å². The van der Waals surface area contributed by atoms with Gasteiger partial charge >= 0.3 is 5.97 Å². The molecule has 92 valence electrons. The molecule has 0 aromatic heterocycles. The quantitative estimate of drug-likeness (QED) is 0.556. The van der Waals surface area contributed by atoms with E-state index < -0.39 is 12.0 Å². The lowest BCUT2D eigenvalue weighted by Gasteiger charge is -2.09. The zero-order valence-corrected chi connectivity index (χ0v) is 9.97. The Balaban J connectivity index is 2.24. The van der Waals surface area contributed by atoms with Gasteiger partial charge in [0.1, 0.15) is 6.04 Å². The van der Waals surface area contributed by atoms with Crippen molar-refractivity contribution in [1.29, 1.82) is 0 Å². The van der Waals surface area contributed by atoms with E-state index in [1.807, 2.05) is 36.5 Å². The number of benzene rings is 1. The van der Waals surface area contributed by atoms with Crippen LogP contribution in [-0.2, 0) is 4.79 Å². The second kappa shape index (κ2) is 7.57. The first-order chi connectivity index (χ1) is 8.24. The molecule has 1 aromatic rings. The summed E-state index contributed by atoms with van der Waals surface area (Å²) < 4.78 is 0. The molecule has 0 aliphatic heterocycles. The Hall–Kier alpha value is -1.68. The molecular weight excluding hydrogens is 216 g/mol. The van der Waals surface area contributed by atoms with Crippen LogP contribution in [0.3, 0.4) is 0 Å². The summed E-state index contributed by atoms with van der Waals surface area (Å²) in [7, 11) is 1.66. The van der Waals surface area contributed by atoms with Gasteiger partial charge in [0.2, 0.25) is 0 Å². The van der Waals surface area contributed by atoms with Crippen molar-refractivity contribution >= 4 is 12.2 Å². The lowest BCUT2D eigenvalue weighted by Crippen LogP contribution is -2.33. The largest absolute Gasteiger partial charge is 0.480 e. The molecular formula is C13H18N2O2. The molecule has 4 heteroatoms. The van der Waals surface area contributed by atoms with Crippen molar-refractivity contribution in [2.75, 3.05) is 13.6 Å². The zero-order valence-electron chi connectivity index (χ0n) is 9.97. The van der Waals surface area contributed by atoms with Crippen LogP contribution in [0.1, 0.15) is 18.4 Å². The molecule has 1 aromatic carbocycles. The van der Waals surface area contributed by atoms with Gasteiger partial charge in [-0.05, 0) is 25.5 Å². The number of carboxylic acids is 1. The van der Waals surface area contributed by atoms with Gasteiger partial charge in [-0.2, -0.15) is 0 Å². The number of nitrogens with zero attached hydrogens (tertiary/aromatic N) is 1. The molecule has 4 nitrogen and oxygen atoms in total. The Labute approximate surface area is 101 Å². The number of nitrogens with one attached hydrogen (secondary N) is 1. The molecule has 0 spiro atoms. The van der Waals surface area contributed by atoms with E-state index in [4.69, 9.17) is 5.11 Å². The molecule has 0 saturated heterocycles. The third-order valence-electron chi connectivity index (χ3n) is 2.47. The van der Waals surface area contributed by atoms with Crippen LogP contribution in [0.2, 0.25) is 0 Å². The number of aliphatic imine (C=N–C) groups is 1. The number of hydrogen-bond donors (Lipinski definition) is 2. The first-order valence-electron chi connectivity index (χ1n) is 5.69. The molecule has 0 aliphatic carbocycles. The zero-order chi connectivity index (χ0) is 12.5. The highest BCUT2D eigenvalue weighted by Gasteiger charge is 2.12. The maximum absolute atomic E-state index is 10.7. The van der Waals surface area contributed by atoms with Gasteiger partial charge in [0.15, 0.2) is 0 Å². The smallest absolute Gasteiger partial charge is 0.320 e. The topological polar surface area (TPSA) is 61.7 Å². The Morgan fingerprint density at radius 2 is 2.18 bits per heavy atom. The van der Waals surface area contributed by atoms with E-state index in [-0.39, 0.29) is 0 Å². The Morgan fingerprint density at radius 1 is 1.47 bits per heavy atom. The molecule has 0 unspecified atom stereocenters. The van der Waals surface area contributed by atoms with Gasteiger partial charge in [-0.1, -0.05) is 30.3 Å². The second-order valence-corrected chi connectivity index (χ2v) is 3.77. The molecule has 0 fully saturated rings. The van der Waals surface area contributed by atoms with Crippen LogP contribution in [0.4, 0.5) is 0 Å². The Morgan fingerprint density at radius 3 is 2.76 bits per heavy atom. The van der Waals surface area contributed by atoms with Crippen LogP contribution in [-0.4, -0.2) is 36.9 Å². The molecule has 1 atom stereocenters. The molecule has 1 rings (SSSR count). The SMILES string of the molecule is CN[C@@H](CCCN=Cc1ccccc1)C(=O)O. The van der Waals surface area contributed by atoms with Crippen molar-refractivity contribution in [3.63, 3.8) is 0 Å². The summed E-state index contributed by atoms with van der Waals surface area (Å²) in [5.41, 5.74) is 1.07. The van der Waals surface area contributed by atoms with E-state index in [1.54, 1.807) is 7.05 Å². The fourth-order valence-corrected chi connectivity index (χ4v) is 1.49. The van der Waals surface area contributed by atoms with E-state index in [0.29, 0.717) is 13.0 Å². The Bertz CT molecular complexity index is 363. The van der Waals surface area contributed by atoms with Crippen molar-refractivity contribution in [2.24, 2.45) is 4.99 Å². The van der Waals surface area contributed by atoms with Crippen molar-refractivity contribution in [3.8, 4) is 0 Å². The van der Waals surface area contributed by atoms with E-state index >= 15 is 0 Å². The minimum absolute atomic E-state index is 0.470. The highest BCUT2D eigenvalue weighted by Crippen LogP contribution is 1.98. The third kappa shape index (κ3) is 5.26. The number of aliphatic carboxylic acids is 1. The van der Waals surface area contributed by atoms with Crippen molar-refractivity contribution < 1.29 is 9.90 Å². The molecule has 0 heterocycles. The lowest BCUT2D eigenvalue weighted by atomic mass is 10.1. The summed E-state index contributed by atoms with van der Waals surface area (Å²) in [5, 5.41) is 11.6. The molecule has 0 radical (unpaired) electrons. The number of carbonyl (C=O) groups is 1. The van der Waals surface area contributed by atoms with Crippen LogP contribution >= 0.6 is 0 Å². The summed E-state index contributed by atoms with van der Waals surface area (Å²) >= 11 is 0. The average Bonchev–Trinajstić information content (AvgIpc) is 2.34. The number of hydrogen-bond acceptors (Lipinski definition) is 3. The van der Waals surface area contributed by atoms with Crippen LogP contribution in [0, 0.1) is 0 Å². The first kappa shape index (κ1) is 13.4. The van der Waals surface area contributed by atoms with Crippen LogP contribution in [0.15, 0.2) is 35.3 Å². The van der Waals surface area contributed by atoms with Crippen LogP contribution in [0.5, 0.6) is 0 Å². The molecule has 0 saturated carbocycles. The van der Waals surface area contributed by atoms with Gasteiger partial charge < -0.3 is 10.4 Å². The van der Waals surface area contributed by atoms with E-state index in [9.17, 15) is 4.79 Å². The summed E-state index contributed by atoms with van der Waals surface area (Å²) in [4.78, 5) is 15.0. The molecule has 0 aliphatic rings. The van der Waals surface area contributed by atoms with Gasteiger partial charge in [0.05, 0.1) is 0 Å². The number of carboxylic acid groups (broad SMARTS) is 1. The maximum atomic E-state index is 10.7. The summed E-state index contributed by atoms with van der Waals surface area (Å²) in [6.45, 7) is 0.653. The van der Waals surface area contributed by atoms with Crippen LogP contribution in [0.25, 0.3) is 0 Å². The lowest BCUT2D eigenvalue weighted by molar-refractivity contribution is -0.139. The molecule has 2 N–H and O–H groups in total. The monoisotopic (exact) mass is 234 g/mol. The average molecular weight is 234 g/mol. The van der Waals surface area contributed by atoms with Crippen molar-refractivity contribution in [3.05, 3.63) is 35.9 Å². The number of likely N-dealkylation sites (N-methyl/N-ethyl adjacent to an activating group) is 1. The second-order valence-electron chi connectivity index (χ2n) is 3.77. The molecule has 0 amide bonds. The van der Waals surface area contributed by atoms with E-state index in [1.165, 1.54) is 0 Å². The Kier molecular flexibility index (Phi) is 5.96. The van der Waals surface area contributed by atoms with Crippen LogP contribution < -0.4 is 5.32 Å². The highest BCUT2D eigenvalue weighted by atomic mass is 16.4. The molecule has 17 heavy (non-hydrogen) atoms. The maximum Gasteiger partial charge on any atom is 0.320 e. The predicted molar refractivity (Wildman–Crippen MR) is 68.6 cm³/mol. The third-order valence-corrected chi connectivity index (χ3v) is 2.47. The summed E-state index contributed by atoms with van der Waals surface area (Å²) in [6, 6.07) is 9.38. The van der Waals surface area contributed by atoms with Gasteiger partial charge in [-0.25, -0.2) is 0 Å². The van der Waals surface area contributed by atoms with Gasteiger partial charge in [-0.15, -0.1) is 0 Å². The fraction of sp³-hybridized carbons (Fsp3) is 0.385. The summed E-state index contributed by atoms with van der Waals surface area (Å²) in [6.07, 6.45) is 3.17. The van der Waals surface area contributed by atoms with Crippen molar-refractivity contribution in [2.45, 2.75) is 18.9 Å². The normalized spacial score (nSPS) is 12.8. The first-order valence-corrected chi connectivity index (χ1v) is 5.69.